The summed E-state index contributed by atoms with van der Waals surface area (Å²) in [6, 6.07) is 0. The summed E-state index contributed by atoms with van der Waals surface area (Å²) < 4.78 is 10.7. The molecule has 0 unspecified atom stereocenters. The zero-order valence-electron chi connectivity index (χ0n) is 10.6. The molecular weight excluding hydrogens is 208 g/mol. The van der Waals surface area contributed by atoms with E-state index >= 15 is 0 Å². The van der Waals surface area contributed by atoms with Crippen molar-refractivity contribution < 1.29 is 19.2 Å². The van der Waals surface area contributed by atoms with Gasteiger partial charge in [0.05, 0.1) is 6.10 Å². The van der Waals surface area contributed by atoms with E-state index in [1.54, 1.807) is 14.2 Å². The predicted octanol–water partition coefficient (Wildman–Crippen LogP) is 2.13. The number of rotatable bonds is 3. The molecule has 0 spiro atoms. The third-order valence-corrected chi connectivity index (χ3v) is 4.18. The Morgan fingerprint density at radius 2 is 1.94 bits per heavy atom. The van der Waals surface area contributed by atoms with Crippen LogP contribution >= 0.6 is 0 Å². The van der Waals surface area contributed by atoms with Crippen LogP contribution < -0.4 is 0 Å². The molecule has 2 fully saturated rings. The van der Waals surface area contributed by atoms with Crippen LogP contribution in [0.5, 0.6) is 0 Å². The standard InChI is InChI=1S/C12H22O4/c1-8-5-6-9-7-10(8)15-16-12(9,2)11(13-3)14-4/h8-11H,5-7H2,1-4H3/t8-,9+,10+,12-/m1/s1. The van der Waals surface area contributed by atoms with Crippen LogP contribution in [0.4, 0.5) is 0 Å². The number of hydrogen-bond acceptors (Lipinski definition) is 4. The molecule has 4 nitrogen and oxygen atoms in total. The Labute approximate surface area is 97.1 Å². The first kappa shape index (κ1) is 12.3. The number of ether oxygens (including phenoxy) is 2. The first-order valence-electron chi connectivity index (χ1n) is 6.02. The predicted molar refractivity (Wildman–Crippen MR) is 58.7 cm³/mol. The number of fused-ring (bicyclic) bond motifs is 2. The van der Waals surface area contributed by atoms with Crippen molar-refractivity contribution in [2.75, 3.05) is 14.2 Å². The molecule has 0 radical (unpaired) electrons. The minimum Gasteiger partial charge on any atom is -0.353 e. The Morgan fingerprint density at radius 1 is 1.25 bits per heavy atom. The van der Waals surface area contributed by atoms with Crippen LogP contribution in [0.2, 0.25) is 0 Å². The Balaban J connectivity index is 2.12. The summed E-state index contributed by atoms with van der Waals surface area (Å²) in [4.78, 5) is 11.1. The van der Waals surface area contributed by atoms with Crippen LogP contribution in [0.25, 0.3) is 0 Å². The van der Waals surface area contributed by atoms with Gasteiger partial charge in [0.15, 0.2) is 11.9 Å². The van der Waals surface area contributed by atoms with Crippen molar-refractivity contribution in [2.24, 2.45) is 11.8 Å². The summed E-state index contributed by atoms with van der Waals surface area (Å²) in [6.45, 7) is 4.23. The highest BCUT2D eigenvalue weighted by Gasteiger charge is 2.52. The summed E-state index contributed by atoms with van der Waals surface area (Å²) in [5.74, 6) is 1.04. The van der Waals surface area contributed by atoms with E-state index in [1.165, 1.54) is 6.42 Å². The first-order valence-corrected chi connectivity index (χ1v) is 6.02. The van der Waals surface area contributed by atoms with Crippen molar-refractivity contribution in [2.45, 2.75) is 51.1 Å². The van der Waals surface area contributed by atoms with Crippen LogP contribution in [0.1, 0.15) is 33.1 Å². The molecule has 4 atom stereocenters. The molecule has 94 valence electrons. The molecule has 0 N–H and O–H groups in total. The summed E-state index contributed by atoms with van der Waals surface area (Å²) in [7, 11) is 3.28. The Kier molecular flexibility index (Phi) is 3.54. The average molecular weight is 230 g/mol. The highest BCUT2D eigenvalue weighted by atomic mass is 17.2. The Bertz CT molecular complexity index is 241. The van der Waals surface area contributed by atoms with Crippen LogP contribution in [-0.2, 0) is 19.2 Å². The van der Waals surface area contributed by atoms with E-state index in [2.05, 4.69) is 6.92 Å². The molecule has 4 heteroatoms. The molecule has 1 saturated carbocycles. The third kappa shape index (κ3) is 1.88. The van der Waals surface area contributed by atoms with Crippen molar-refractivity contribution in [3.05, 3.63) is 0 Å². The van der Waals surface area contributed by atoms with Gasteiger partial charge in [0.2, 0.25) is 0 Å². The fourth-order valence-corrected chi connectivity index (χ4v) is 2.96. The smallest absolute Gasteiger partial charge is 0.189 e. The molecular formula is C12H22O4. The zero-order valence-corrected chi connectivity index (χ0v) is 10.6. The molecule has 0 aromatic carbocycles. The average Bonchev–Trinajstić information content (AvgIpc) is 2.29. The van der Waals surface area contributed by atoms with E-state index in [0.29, 0.717) is 11.8 Å². The molecule has 0 aromatic rings. The highest BCUT2D eigenvalue weighted by molar-refractivity contribution is 4.94. The third-order valence-electron chi connectivity index (χ3n) is 4.18. The van der Waals surface area contributed by atoms with Gasteiger partial charge in [-0.15, -0.1) is 0 Å². The Morgan fingerprint density at radius 3 is 2.56 bits per heavy atom. The lowest BCUT2D eigenvalue weighted by molar-refractivity contribution is -0.463. The normalized spacial score (nSPS) is 43.7. The molecule has 2 rings (SSSR count). The summed E-state index contributed by atoms with van der Waals surface area (Å²) in [5.41, 5.74) is -0.486. The molecule has 2 aliphatic rings. The molecule has 2 bridgehead atoms. The van der Waals surface area contributed by atoms with E-state index in [0.717, 1.165) is 12.8 Å². The minimum absolute atomic E-state index is 0.237. The second-order valence-electron chi connectivity index (χ2n) is 5.19. The van der Waals surface area contributed by atoms with Crippen LogP contribution in [0, 0.1) is 11.8 Å². The molecule has 1 aliphatic carbocycles. The van der Waals surface area contributed by atoms with Gasteiger partial charge in [0, 0.05) is 14.2 Å². The molecule has 1 heterocycles. The maximum atomic E-state index is 5.60. The van der Waals surface area contributed by atoms with Gasteiger partial charge in [0.25, 0.3) is 0 Å². The van der Waals surface area contributed by atoms with Gasteiger partial charge in [-0.2, -0.15) is 0 Å². The van der Waals surface area contributed by atoms with Crippen molar-refractivity contribution in [3.63, 3.8) is 0 Å². The van der Waals surface area contributed by atoms with Crippen molar-refractivity contribution >= 4 is 0 Å². The van der Waals surface area contributed by atoms with E-state index in [9.17, 15) is 0 Å². The second kappa shape index (κ2) is 4.61. The van der Waals surface area contributed by atoms with Gasteiger partial charge in [-0.1, -0.05) is 6.92 Å². The first-order chi connectivity index (χ1) is 7.61. The number of methoxy groups -OCH3 is 2. The fourth-order valence-electron chi connectivity index (χ4n) is 2.96. The molecule has 1 saturated heterocycles. The van der Waals surface area contributed by atoms with Crippen molar-refractivity contribution in [3.8, 4) is 0 Å². The maximum Gasteiger partial charge on any atom is 0.189 e. The molecule has 0 aromatic heterocycles. The van der Waals surface area contributed by atoms with Gasteiger partial charge in [-0.3, -0.25) is 0 Å². The van der Waals surface area contributed by atoms with Gasteiger partial charge in [-0.25, -0.2) is 9.78 Å². The van der Waals surface area contributed by atoms with E-state index in [-0.39, 0.29) is 12.4 Å². The molecule has 1 aliphatic heterocycles. The van der Waals surface area contributed by atoms with Crippen LogP contribution in [0.15, 0.2) is 0 Å². The van der Waals surface area contributed by atoms with Crippen LogP contribution in [-0.4, -0.2) is 32.2 Å². The topological polar surface area (TPSA) is 36.9 Å². The lowest BCUT2D eigenvalue weighted by Crippen LogP contribution is -2.57. The van der Waals surface area contributed by atoms with Gasteiger partial charge < -0.3 is 9.47 Å². The lowest BCUT2D eigenvalue weighted by Gasteiger charge is -2.49. The monoisotopic (exact) mass is 230 g/mol. The number of hydrogen-bond donors (Lipinski definition) is 0. The molecule has 16 heavy (non-hydrogen) atoms. The van der Waals surface area contributed by atoms with Gasteiger partial charge in [0.1, 0.15) is 0 Å². The summed E-state index contributed by atoms with van der Waals surface area (Å²) in [5, 5.41) is 0. The van der Waals surface area contributed by atoms with Crippen LogP contribution in [0.3, 0.4) is 0 Å². The zero-order chi connectivity index (χ0) is 11.8. The van der Waals surface area contributed by atoms with Gasteiger partial charge >= 0.3 is 0 Å². The second-order valence-corrected chi connectivity index (χ2v) is 5.19. The van der Waals surface area contributed by atoms with Crippen molar-refractivity contribution in [1.82, 2.24) is 0 Å². The largest absolute Gasteiger partial charge is 0.353 e. The summed E-state index contributed by atoms with van der Waals surface area (Å²) >= 11 is 0. The Hall–Kier alpha value is -0.160. The quantitative estimate of drug-likeness (QED) is 0.550. The van der Waals surface area contributed by atoms with Gasteiger partial charge in [-0.05, 0) is 38.0 Å². The van der Waals surface area contributed by atoms with E-state index < -0.39 is 5.60 Å². The van der Waals surface area contributed by atoms with E-state index in [1.807, 2.05) is 6.92 Å². The molecule has 0 amide bonds. The van der Waals surface area contributed by atoms with E-state index in [4.69, 9.17) is 19.2 Å². The fraction of sp³-hybridized carbons (Fsp3) is 1.00. The van der Waals surface area contributed by atoms with Crippen molar-refractivity contribution in [1.29, 1.82) is 0 Å². The SMILES string of the molecule is COC(OC)[C@]1(C)OO[C@H]2C[C@@H]1CC[C@H]2C. The lowest BCUT2D eigenvalue weighted by atomic mass is 9.72. The maximum absolute atomic E-state index is 5.60. The highest BCUT2D eigenvalue weighted by Crippen LogP contribution is 2.45. The summed E-state index contributed by atoms with van der Waals surface area (Å²) in [6.07, 6.45) is 3.25. The minimum atomic E-state index is -0.486.